The second-order valence-electron chi connectivity index (χ2n) is 5.73. The van der Waals surface area contributed by atoms with Crippen LogP contribution >= 0.6 is 11.6 Å². The Kier molecular flexibility index (Phi) is 4.99. The summed E-state index contributed by atoms with van der Waals surface area (Å²) in [5.74, 6) is 0.566. The van der Waals surface area contributed by atoms with Gasteiger partial charge in [0.2, 0.25) is 5.56 Å². The molecule has 2 aromatic rings. The van der Waals surface area contributed by atoms with Gasteiger partial charge >= 0.3 is 0 Å². The zero-order chi connectivity index (χ0) is 17.8. The van der Waals surface area contributed by atoms with Gasteiger partial charge in [-0.05, 0) is 23.6 Å². The van der Waals surface area contributed by atoms with Crippen LogP contribution in [0.3, 0.4) is 0 Å². The minimum absolute atomic E-state index is 0.123. The van der Waals surface area contributed by atoms with Gasteiger partial charge in [-0.3, -0.25) is 9.69 Å². The van der Waals surface area contributed by atoms with E-state index in [9.17, 15) is 10.1 Å². The Bertz CT molecular complexity index is 940. The fraction of sp³-hybridized carbons (Fsp3) is 0.294. The summed E-state index contributed by atoms with van der Waals surface area (Å²) in [5, 5.41) is 21.3. The number of hydrogen-bond donors (Lipinski definition) is 2. The van der Waals surface area contributed by atoms with E-state index < -0.39 is 0 Å². The summed E-state index contributed by atoms with van der Waals surface area (Å²) in [6, 6.07) is 7.58. The van der Waals surface area contributed by atoms with Gasteiger partial charge < -0.3 is 10.3 Å². The SMILES string of the molecule is N#CCNc1nc(Cl)c(C#N)c2c1CCN(Cc1cc[nH]c(=O)c1)C2. The molecule has 0 spiro atoms. The molecule has 25 heavy (non-hydrogen) atoms. The topological polar surface area (TPSA) is 109 Å². The largest absolute Gasteiger partial charge is 0.357 e. The predicted molar refractivity (Wildman–Crippen MR) is 92.9 cm³/mol. The van der Waals surface area contributed by atoms with E-state index >= 15 is 0 Å². The van der Waals surface area contributed by atoms with E-state index in [0.29, 0.717) is 30.9 Å². The summed E-state index contributed by atoms with van der Waals surface area (Å²) in [5.41, 5.74) is 2.91. The van der Waals surface area contributed by atoms with E-state index in [1.165, 1.54) is 0 Å². The second kappa shape index (κ2) is 7.35. The summed E-state index contributed by atoms with van der Waals surface area (Å²) < 4.78 is 0. The van der Waals surface area contributed by atoms with E-state index in [4.69, 9.17) is 16.9 Å². The maximum absolute atomic E-state index is 11.4. The number of anilines is 1. The van der Waals surface area contributed by atoms with Crippen LogP contribution in [0.1, 0.15) is 22.3 Å². The lowest BCUT2D eigenvalue weighted by molar-refractivity contribution is 0.245. The number of halogens is 1. The van der Waals surface area contributed by atoms with Gasteiger partial charge in [0.25, 0.3) is 0 Å². The molecule has 0 saturated heterocycles. The van der Waals surface area contributed by atoms with Crippen LogP contribution in [0.25, 0.3) is 0 Å². The summed E-state index contributed by atoms with van der Waals surface area (Å²) in [4.78, 5) is 20.4. The van der Waals surface area contributed by atoms with Crippen LogP contribution in [0, 0.1) is 22.7 Å². The highest BCUT2D eigenvalue weighted by Crippen LogP contribution is 2.31. The van der Waals surface area contributed by atoms with Gasteiger partial charge in [0.1, 0.15) is 23.6 Å². The number of pyridine rings is 2. The van der Waals surface area contributed by atoms with Crippen molar-refractivity contribution in [3.8, 4) is 12.1 Å². The van der Waals surface area contributed by atoms with Crippen molar-refractivity contribution in [2.24, 2.45) is 0 Å². The molecule has 0 amide bonds. The maximum Gasteiger partial charge on any atom is 0.248 e. The van der Waals surface area contributed by atoms with E-state index in [1.807, 2.05) is 12.1 Å². The molecular weight excluding hydrogens is 340 g/mol. The molecule has 7 nitrogen and oxygen atoms in total. The number of nitrogens with one attached hydrogen (secondary N) is 2. The van der Waals surface area contributed by atoms with Crippen LogP contribution in [-0.4, -0.2) is 28.0 Å². The highest BCUT2D eigenvalue weighted by Gasteiger charge is 2.25. The van der Waals surface area contributed by atoms with Crippen LogP contribution in [0.15, 0.2) is 23.1 Å². The lowest BCUT2D eigenvalue weighted by Gasteiger charge is -2.30. The van der Waals surface area contributed by atoms with Gasteiger partial charge in [-0.2, -0.15) is 10.5 Å². The molecule has 8 heteroatoms. The molecule has 1 aliphatic rings. The Morgan fingerprint density at radius 1 is 1.40 bits per heavy atom. The second-order valence-corrected chi connectivity index (χ2v) is 6.09. The number of aromatic nitrogens is 2. The Balaban J connectivity index is 1.91. The Morgan fingerprint density at radius 2 is 2.24 bits per heavy atom. The summed E-state index contributed by atoms with van der Waals surface area (Å²) >= 11 is 6.15. The number of hydrogen-bond acceptors (Lipinski definition) is 6. The van der Waals surface area contributed by atoms with E-state index in [0.717, 1.165) is 23.2 Å². The lowest BCUT2D eigenvalue weighted by Crippen LogP contribution is -2.32. The summed E-state index contributed by atoms with van der Waals surface area (Å²) in [7, 11) is 0. The fourth-order valence-electron chi connectivity index (χ4n) is 3.02. The predicted octanol–water partition coefficient (Wildman–Crippen LogP) is 1.79. The van der Waals surface area contributed by atoms with Gasteiger partial charge in [0.15, 0.2) is 0 Å². The zero-order valence-corrected chi connectivity index (χ0v) is 14.1. The van der Waals surface area contributed by atoms with Crippen LogP contribution in [-0.2, 0) is 19.5 Å². The standard InChI is InChI=1S/C17H15ClN6O/c18-16-13(8-20)14-10-24(9-11-1-4-21-15(25)7-11)6-2-12(14)17(23-16)22-5-3-19/h1,4,7H,2,5-6,9-10H2,(H,21,25)(H,22,23). The number of H-pyrrole nitrogens is 1. The van der Waals surface area contributed by atoms with Crippen molar-refractivity contribution in [3.05, 3.63) is 56.1 Å². The van der Waals surface area contributed by atoms with Gasteiger partial charge in [0.05, 0.1) is 11.6 Å². The molecule has 0 unspecified atom stereocenters. The molecule has 0 fully saturated rings. The van der Waals surface area contributed by atoms with Gasteiger partial charge in [0, 0.05) is 37.5 Å². The third-order valence-corrected chi connectivity index (χ3v) is 4.39. The van der Waals surface area contributed by atoms with Crippen molar-refractivity contribution in [1.29, 1.82) is 10.5 Å². The quantitative estimate of drug-likeness (QED) is 0.640. The molecule has 3 heterocycles. The summed E-state index contributed by atoms with van der Waals surface area (Å²) in [6.07, 6.45) is 2.31. The highest BCUT2D eigenvalue weighted by atomic mass is 35.5. The van der Waals surface area contributed by atoms with E-state index in [-0.39, 0.29) is 17.3 Å². The fourth-order valence-corrected chi connectivity index (χ4v) is 3.26. The van der Waals surface area contributed by atoms with Gasteiger partial charge in [-0.25, -0.2) is 4.98 Å². The van der Waals surface area contributed by atoms with Crippen molar-refractivity contribution < 1.29 is 0 Å². The minimum Gasteiger partial charge on any atom is -0.357 e. The van der Waals surface area contributed by atoms with Crippen LogP contribution < -0.4 is 10.9 Å². The average molecular weight is 355 g/mol. The van der Waals surface area contributed by atoms with Crippen LogP contribution in [0.2, 0.25) is 5.15 Å². The molecule has 0 atom stereocenters. The molecule has 0 aromatic carbocycles. The molecule has 0 saturated carbocycles. The summed E-state index contributed by atoms with van der Waals surface area (Å²) in [6.45, 7) is 2.02. The van der Waals surface area contributed by atoms with Crippen LogP contribution in [0.4, 0.5) is 5.82 Å². The zero-order valence-electron chi connectivity index (χ0n) is 13.3. The van der Waals surface area contributed by atoms with Gasteiger partial charge in [-0.15, -0.1) is 0 Å². The van der Waals surface area contributed by atoms with E-state index in [1.54, 1.807) is 12.3 Å². The molecule has 0 bridgehead atoms. The molecule has 3 rings (SSSR count). The lowest BCUT2D eigenvalue weighted by atomic mass is 9.96. The Labute approximate surface area is 149 Å². The number of aromatic amines is 1. The first-order valence-electron chi connectivity index (χ1n) is 7.74. The molecule has 2 aromatic heterocycles. The first-order chi connectivity index (χ1) is 12.1. The first-order valence-corrected chi connectivity index (χ1v) is 8.12. The van der Waals surface area contributed by atoms with Crippen LogP contribution in [0.5, 0.6) is 0 Å². The molecular formula is C17H15ClN6O. The monoisotopic (exact) mass is 354 g/mol. The smallest absolute Gasteiger partial charge is 0.248 e. The molecule has 1 aliphatic heterocycles. The van der Waals surface area contributed by atoms with Crippen molar-refractivity contribution in [2.75, 3.05) is 18.4 Å². The number of rotatable bonds is 4. The normalized spacial score (nSPS) is 13.6. The van der Waals surface area contributed by atoms with Crippen molar-refractivity contribution in [3.63, 3.8) is 0 Å². The maximum atomic E-state index is 11.4. The highest BCUT2D eigenvalue weighted by molar-refractivity contribution is 6.30. The number of nitrogens with zero attached hydrogens (tertiary/aromatic N) is 4. The third-order valence-electron chi connectivity index (χ3n) is 4.12. The van der Waals surface area contributed by atoms with Crippen molar-refractivity contribution in [2.45, 2.75) is 19.5 Å². The Morgan fingerprint density at radius 3 is 2.96 bits per heavy atom. The molecule has 2 N–H and O–H groups in total. The third kappa shape index (κ3) is 3.63. The Hall–Kier alpha value is -2.87. The number of nitriles is 2. The average Bonchev–Trinajstić information content (AvgIpc) is 2.59. The molecule has 0 aliphatic carbocycles. The van der Waals surface area contributed by atoms with Crippen molar-refractivity contribution >= 4 is 17.4 Å². The van der Waals surface area contributed by atoms with Gasteiger partial charge in [-0.1, -0.05) is 11.6 Å². The van der Waals surface area contributed by atoms with E-state index in [2.05, 4.69) is 26.3 Å². The molecule has 126 valence electrons. The minimum atomic E-state index is -0.136. The first kappa shape index (κ1) is 17.0. The van der Waals surface area contributed by atoms with Crippen molar-refractivity contribution in [1.82, 2.24) is 14.9 Å². The number of fused-ring (bicyclic) bond motifs is 1. The molecule has 0 radical (unpaired) electrons.